The minimum atomic E-state index is 0.818. The molecular weight excluding hydrogens is 280 g/mol. The predicted octanol–water partition coefficient (Wildman–Crippen LogP) is 3.57. The summed E-state index contributed by atoms with van der Waals surface area (Å²) in [6, 6.07) is 0. The average Bonchev–Trinajstić information content (AvgIpc) is 2.81. The van der Waals surface area contributed by atoms with E-state index in [0.29, 0.717) is 0 Å². The Morgan fingerprint density at radius 3 is 3.14 bits per heavy atom. The molecule has 0 amide bonds. The molecule has 1 atom stereocenters. The van der Waals surface area contributed by atoms with Crippen molar-refractivity contribution in [2.24, 2.45) is 5.92 Å². The Bertz CT molecular complexity index is 519. The van der Waals surface area contributed by atoms with Crippen LogP contribution < -0.4 is 10.6 Å². The van der Waals surface area contributed by atoms with Gasteiger partial charge in [-0.15, -0.1) is 11.3 Å². The molecule has 2 rings (SSSR count). The Balaban J connectivity index is 1.79. The van der Waals surface area contributed by atoms with Gasteiger partial charge in [0.2, 0.25) is 0 Å². The first-order valence-corrected chi connectivity index (χ1v) is 8.45. The number of hydrogen-bond acceptors (Lipinski definition) is 4. The number of hydrogen-bond donors (Lipinski definition) is 2. The van der Waals surface area contributed by atoms with Gasteiger partial charge in [-0.3, -0.25) is 0 Å². The fraction of sp³-hybridized carbons (Fsp3) is 0.529. The van der Waals surface area contributed by atoms with E-state index < -0.39 is 0 Å². The summed E-state index contributed by atoms with van der Waals surface area (Å²) in [4.78, 5) is 1.61. The minimum Gasteiger partial charge on any atom is -0.503 e. The van der Waals surface area contributed by atoms with Crippen LogP contribution in [0.2, 0.25) is 0 Å². The summed E-state index contributed by atoms with van der Waals surface area (Å²) in [5, 5.41) is 8.83. The molecule has 0 radical (unpaired) electrons. The molecule has 21 heavy (non-hydrogen) atoms. The zero-order valence-corrected chi connectivity index (χ0v) is 14.1. The maximum atomic E-state index is 4.95. The third kappa shape index (κ3) is 4.53. The van der Waals surface area contributed by atoms with E-state index in [4.69, 9.17) is 4.74 Å². The van der Waals surface area contributed by atoms with Crippen molar-refractivity contribution in [1.82, 2.24) is 10.6 Å². The van der Waals surface area contributed by atoms with Crippen LogP contribution in [0.1, 0.15) is 36.3 Å². The topological polar surface area (TPSA) is 33.3 Å². The minimum absolute atomic E-state index is 0.818. The molecule has 1 unspecified atom stereocenters. The molecule has 0 saturated carbocycles. The monoisotopic (exact) mass is 306 g/mol. The first-order chi connectivity index (χ1) is 10.1. The van der Waals surface area contributed by atoms with Crippen LogP contribution in [0.25, 0.3) is 0 Å². The van der Waals surface area contributed by atoms with Gasteiger partial charge in [-0.05, 0) is 55.0 Å². The van der Waals surface area contributed by atoms with E-state index in [1.807, 2.05) is 18.3 Å². The molecule has 1 aromatic rings. The van der Waals surface area contributed by atoms with Crippen molar-refractivity contribution in [3.63, 3.8) is 0 Å². The normalized spacial score (nSPS) is 18.0. The molecule has 2 N–H and O–H groups in total. The number of ether oxygens (including phenoxy) is 1. The molecule has 1 aromatic heterocycles. The Hall–Kier alpha value is -1.42. The van der Waals surface area contributed by atoms with Crippen molar-refractivity contribution >= 4 is 11.3 Å². The fourth-order valence-corrected chi connectivity index (χ4v) is 4.09. The standard InChI is InChI=1S/C17H26N2OS/c1-12-5-6-16-15(11-21-17(16)9-12)7-8-18-14(3)19-13(2)10-20-4/h10-12,18-19H,3,5-9H2,1-2,4H3/b13-10-. The molecule has 4 heteroatoms. The SMILES string of the molecule is C=C(NCCc1csc2c1CCC(C)C2)N/C(C)=C\OC. The third-order valence-corrected chi connectivity index (χ3v) is 4.96. The van der Waals surface area contributed by atoms with Gasteiger partial charge in [-0.25, -0.2) is 0 Å². The summed E-state index contributed by atoms with van der Waals surface area (Å²) >= 11 is 1.94. The Labute approximate surface area is 132 Å². The zero-order chi connectivity index (χ0) is 15.2. The van der Waals surface area contributed by atoms with Crippen molar-refractivity contribution in [3.05, 3.63) is 45.7 Å². The van der Waals surface area contributed by atoms with Crippen LogP contribution in [-0.4, -0.2) is 13.7 Å². The highest BCUT2D eigenvalue weighted by Gasteiger charge is 2.19. The van der Waals surface area contributed by atoms with Crippen LogP contribution in [-0.2, 0) is 24.0 Å². The quantitative estimate of drug-likeness (QED) is 0.756. The highest BCUT2D eigenvalue weighted by Crippen LogP contribution is 2.32. The van der Waals surface area contributed by atoms with Gasteiger partial charge in [0.1, 0.15) is 6.26 Å². The van der Waals surface area contributed by atoms with Crippen LogP contribution in [0.5, 0.6) is 0 Å². The molecule has 0 aliphatic heterocycles. The van der Waals surface area contributed by atoms with E-state index in [-0.39, 0.29) is 0 Å². The predicted molar refractivity (Wildman–Crippen MR) is 90.3 cm³/mol. The maximum Gasteiger partial charge on any atom is 0.101 e. The van der Waals surface area contributed by atoms with E-state index >= 15 is 0 Å². The van der Waals surface area contributed by atoms with Gasteiger partial charge in [0.05, 0.1) is 12.9 Å². The molecule has 0 fully saturated rings. The molecular formula is C17H26N2OS. The van der Waals surface area contributed by atoms with Gasteiger partial charge in [-0.1, -0.05) is 13.5 Å². The first kappa shape index (κ1) is 16.0. The summed E-state index contributed by atoms with van der Waals surface area (Å²) < 4.78 is 4.95. The molecule has 3 nitrogen and oxygen atoms in total. The summed E-state index contributed by atoms with van der Waals surface area (Å²) in [7, 11) is 1.64. The van der Waals surface area contributed by atoms with Crippen LogP contribution >= 0.6 is 11.3 Å². The summed E-state index contributed by atoms with van der Waals surface area (Å²) in [6.07, 6.45) is 6.59. The lowest BCUT2D eigenvalue weighted by atomic mass is 9.88. The van der Waals surface area contributed by atoms with E-state index in [2.05, 4.69) is 29.5 Å². The van der Waals surface area contributed by atoms with Crippen molar-refractivity contribution in [2.45, 2.75) is 39.5 Å². The summed E-state index contributed by atoms with van der Waals surface area (Å²) in [5.41, 5.74) is 4.08. The number of nitrogens with one attached hydrogen (secondary N) is 2. The van der Waals surface area contributed by atoms with Gasteiger partial charge in [0.15, 0.2) is 0 Å². The number of thiophene rings is 1. The van der Waals surface area contributed by atoms with E-state index in [0.717, 1.165) is 30.4 Å². The van der Waals surface area contributed by atoms with Gasteiger partial charge in [0.25, 0.3) is 0 Å². The lowest BCUT2D eigenvalue weighted by molar-refractivity contribution is 0.331. The van der Waals surface area contributed by atoms with Crippen molar-refractivity contribution < 1.29 is 4.74 Å². The van der Waals surface area contributed by atoms with Gasteiger partial charge >= 0.3 is 0 Å². The van der Waals surface area contributed by atoms with Crippen molar-refractivity contribution in [3.8, 4) is 0 Å². The van der Waals surface area contributed by atoms with E-state index in [1.54, 1.807) is 23.8 Å². The Kier molecular flexibility index (Phi) is 5.74. The largest absolute Gasteiger partial charge is 0.503 e. The van der Waals surface area contributed by atoms with Crippen LogP contribution in [0.3, 0.4) is 0 Å². The average molecular weight is 306 g/mol. The van der Waals surface area contributed by atoms with Crippen molar-refractivity contribution in [1.29, 1.82) is 0 Å². The zero-order valence-electron chi connectivity index (χ0n) is 13.3. The van der Waals surface area contributed by atoms with Crippen LogP contribution in [0.15, 0.2) is 29.7 Å². The molecule has 0 saturated heterocycles. The molecule has 1 aliphatic rings. The lowest BCUT2D eigenvalue weighted by Crippen LogP contribution is -2.26. The molecule has 116 valence electrons. The Morgan fingerprint density at radius 1 is 1.57 bits per heavy atom. The fourth-order valence-electron chi connectivity index (χ4n) is 2.79. The highest BCUT2D eigenvalue weighted by molar-refractivity contribution is 7.10. The third-order valence-electron chi connectivity index (χ3n) is 3.86. The van der Waals surface area contributed by atoms with Gasteiger partial charge in [-0.2, -0.15) is 0 Å². The van der Waals surface area contributed by atoms with Crippen LogP contribution in [0.4, 0.5) is 0 Å². The molecule has 0 aromatic carbocycles. The van der Waals surface area contributed by atoms with Crippen LogP contribution in [0, 0.1) is 5.92 Å². The molecule has 0 spiro atoms. The molecule has 1 heterocycles. The summed E-state index contributed by atoms with van der Waals surface area (Å²) in [6.45, 7) is 9.19. The smallest absolute Gasteiger partial charge is 0.101 e. The first-order valence-electron chi connectivity index (χ1n) is 7.57. The number of fused-ring (bicyclic) bond motifs is 1. The molecule has 1 aliphatic carbocycles. The van der Waals surface area contributed by atoms with E-state index in [9.17, 15) is 0 Å². The van der Waals surface area contributed by atoms with E-state index in [1.165, 1.54) is 24.8 Å². The second-order valence-corrected chi connectivity index (χ2v) is 6.79. The van der Waals surface area contributed by atoms with Gasteiger partial charge in [0, 0.05) is 17.1 Å². The highest BCUT2D eigenvalue weighted by atomic mass is 32.1. The van der Waals surface area contributed by atoms with Crippen molar-refractivity contribution in [2.75, 3.05) is 13.7 Å². The maximum absolute atomic E-state index is 4.95. The summed E-state index contributed by atoms with van der Waals surface area (Å²) in [5.74, 6) is 1.67. The number of methoxy groups -OCH3 is 1. The second kappa shape index (κ2) is 7.55. The van der Waals surface area contributed by atoms with Gasteiger partial charge < -0.3 is 15.4 Å². The lowest BCUT2D eigenvalue weighted by Gasteiger charge is -2.19. The molecule has 0 bridgehead atoms. The Morgan fingerprint density at radius 2 is 2.38 bits per heavy atom. The number of allylic oxidation sites excluding steroid dienone is 1. The number of rotatable bonds is 7. The second-order valence-electron chi connectivity index (χ2n) is 5.83.